The molecule has 8 nitrogen and oxygen atoms in total. The van der Waals surface area contributed by atoms with Gasteiger partial charge in [0.05, 0.1) is 13.2 Å². The maximum Gasteiger partial charge on any atom is 0.274 e. The van der Waals surface area contributed by atoms with Crippen LogP contribution in [0.5, 0.6) is 0 Å². The number of pyridine rings is 1. The number of aryl methyl sites for hydroxylation is 2. The van der Waals surface area contributed by atoms with Crippen molar-refractivity contribution in [2.75, 3.05) is 19.7 Å². The Hall–Kier alpha value is -2.74. The Kier molecular flexibility index (Phi) is 3.96. The highest BCUT2D eigenvalue weighted by atomic mass is 16.5. The number of aromatic nitrogens is 5. The van der Waals surface area contributed by atoms with Crippen molar-refractivity contribution in [3.8, 4) is 0 Å². The Balaban J connectivity index is 1.58. The minimum absolute atomic E-state index is 0.0843. The Morgan fingerprint density at radius 3 is 3.08 bits per heavy atom. The van der Waals surface area contributed by atoms with Gasteiger partial charge < -0.3 is 18.6 Å². The van der Waals surface area contributed by atoms with Crippen LogP contribution in [0.1, 0.15) is 35.0 Å². The highest BCUT2D eigenvalue weighted by Gasteiger charge is 2.30. The molecule has 0 aromatic carbocycles. The lowest BCUT2D eigenvalue weighted by Crippen LogP contribution is -2.43. The van der Waals surface area contributed by atoms with E-state index in [1.54, 1.807) is 17.4 Å². The van der Waals surface area contributed by atoms with E-state index in [0.717, 1.165) is 23.7 Å². The molecule has 1 fully saturated rings. The van der Waals surface area contributed by atoms with E-state index in [-0.39, 0.29) is 12.0 Å². The summed E-state index contributed by atoms with van der Waals surface area (Å²) in [5.74, 6) is 0.671. The van der Waals surface area contributed by atoms with E-state index in [2.05, 4.69) is 15.2 Å². The smallest absolute Gasteiger partial charge is 0.274 e. The molecule has 1 amide bonds. The first-order chi connectivity index (χ1) is 12.2. The zero-order valence-corrected chi connectivity index (χ0v) is 14.3. The molecule has 130 valence electrons. The highest BCUT2D eigenvalue weighted by Crippen LogP contribution is 2.22. The molecule has 1 atom stereocenters. The molecule has 0 bridgehead atoms. The number of carbonyl (C=O) groups is 1. The molecular formula is C17H20N6O2. The van der Waals surface area contributed by atoms with Crippen molar-refractivity contribution in [1.82, 2.24) is 29.0 Å². The van der Waals surface area contributed by atoms with E-state index < -0.39 is 0 Å². The Labute approximate surface area is 145 Å². The third kappa shape index (κ3) is 2.78. The molecular weight excluding hydrogens is 320 g/mol. The van der Waals surface area contributed by atoms with E-state index in [9.17, 15) is 4.79 Å². The van der Waals surface area contributed by atoms with E-state index >= 15 is 0 Å². The van der Waals surface area contributed by atoms with E-state index in [0.29, 0.717) is 25.4 Å². The third-order valence-corrected chi connectivity index (χ3v) is 4.54. The molecule has 4 rings (SSSR count). The molecule has 4 heterocycles. The average Bonchev–Trinajstić information content (AvgIpc) is 3.28. The Bertz CT molecular complexity index is 915. The van der Waals surface area contributed by atoms with Gasteiger partial charge in [0.15, 0.2) is 5.82 Å². The molecule has 0 spiro atoms. The van der Waals surface area contributed by atoms with Gasteiger partial charge >= 0.3 is 0 Å². The van der Waals surface area contributed by atoms with Crippen LogP contribution in [-0.2, 0) is 11.3 Å². The van der Waals surface area contributed by atoms with Crippen LogP contribution in [0.3, 0.4) is 0 Å². The minimum atomic E-state index is -0.265. The van der Waals surface area contributed by atoms with Gasteiger partial charge in [0.25, 0.3) is 5.91 Å². The van der Waals surface area contributed by atoms with Gasteiger partial charge in [-0.05, 0) is 26.0 Å². The van der Waals surface area contributed by atoms with Crippen LogP contribution in [0.25, 0.3) is 5.65 Å². The number of amides is 1. The lowest BCUT2D eigenvalue weighted by Gasteiger charge is -2.32. The second kappa shape index (κ2) is 6.29. The van der Waals surface area contributed by atoms with Crippen molar-refractivity contribution in [2.24, 2.45) is 0 Å². The molecule has 8 heteroatoms. The van der Waals surface area contributed by atoms with Gasteiger partial charge in [0.2, 0.25) is 0 Å². The van der Waals surface area contributed by atoms with Gasteiger partial charge in [-0.25, -0.2) is 4.98 Å². The monoisotopic (exact) mass is 340 g/mol. The molecule has 0 saturated carbocycles. The van der Waals surface area contributed by atoms with Gasteiger partial charge in [0, 0.05) is 25.0 Å². The standard InChI is InChI=1S/C17H20N6O2/c1-3-21-11-18-20-16(21)14-10-22(7-8-25-14)17(24)13-9-23-12(2)5-4-6-15(23)19-13/h4-6,9,11,14H,3,7-8,10H2,1-2H3/t14-/m0/s1. The summed E-state index contributed by atoms with van der Waals surface area (Å²) < 4.78 is 9.68. The average molecular weight is 340 g/mol. The first kappa shape index (κ1) is 15.8. The van der Waals surface area contributed by atoms with E-state index in [1.807, 2.05) is 41.0 Å². The molecule has 1 aliphatic rings. The zero-order valence-electron chi connectivity index (χ0n) is 14.3. The van der Waals surface area contributed by atoms with Crippen molar-refractivity contribution in [2.45, 2.75) is 26.5 Å². The van der Waals surface area contributed by atoms with Crippen molar-refractivity contribution in [1.29, 1.82) is 0 Å². The van der Waals surface area contributed by atoms with Crippen molar-refractivity contribution >= 4 is 11.6 Å². The second-order valence-corrected chi connectivity index (χ2v) is 6.11. The number of carbonyl (C=O) groups excluding carboxylic acids is 1. The van der Waals surface area contributed by atoms with Gasteiger partial charge in [0.1, 0.15) is 23.8 Å². The maximum atomic E-state index is 12.9. The molecule has 0 aliphatic carbocycles. The van der Waals surface area contributed by atoms with Crippen LogP contribution in [0.15, 0.2) is 30.7 Å². The zero-order chi connectivity index (χ0) is 17.4. The number of imidazole rings is 1. The predicted octanol–water partition coefficient (Wildman–Crippen LogP) is 1.47. The number of morpholine rings is 1. The molecule has 1 saturated heterocycles. The number of hydrogen-bond acceptors (Lipinski definition) is 5. The third-order valence-electron chi connectivity index (χ3n) is 4.54. The normalized spacial score (nSPS) is 18.0. The van der Waals surface area contributed by atoms with Crippen LogP contribution >= 0.6 is 0 Å². The fourth-order valence-electron chi connectivity index (χ4n) is 3.16. The fraction of sp³-hybridized carbons (Fsp3) is 0.412. The van der Waals surface area contributed by atoms with Crippen LogP contribution in [0, 0.1) is 6.92 Å². The maximum absolute atomic E-state index is 12.9. The summed E-state index contributed by atoms with van der Waals surface area (Å²) in [6, 6.07) is 5.83. The summed E-state index contributed by atoms with van der Waals surface area (Å²) in [4.78, 5) is 19.1. The summed E-state index contributed by atoms with van der Waals surface area (Å²) in [6.45, 7) is 6.25. The highest BCUT2D eigenvalue weighted by molar-refractivity contribution is 5.93. The molecule has 0 N–H and O–H groups in total. The Morgan fingerprint density at radius 1 is 1.40 bits per heavy atom. The fourth-order valence-corrected chi connectivity index (χ4v) is 3.16. The minimum Gasteiger partial charge on any atom is -0.366 e. The first-order valence-electron chi connectivity index (χ1n) is 8.40. The number of fused-ring (bicyclic) bond motifs is 1. The van der Waals surface area contributed by atoms with E-state index in [4.69, 9.17) is 4.74 Å². The summed E-state index contributed by atoms with van der Waals surface area (Å²) in [6.07, 6.45) is 3.22. The Morgan fingerprint density at radius 2 is 2.28 bits per heavy atom. The van der Waals surface area contributed by atoms with Crippen molar-refractivity contribution in [3.05, 3.63) is 47.9 Å². The lowest BCUT2D eigenvalue weighted by atomic mass is 10.2. The quantitative estimate of drug-likeness (QED) is 0.721. The van der Waals surface area contributed by atoms with Gasteiger partial charge in [-0.15, -0.1) is 10.2 Å². The molecule has 1 aliphatic heterocycles. The molecule has 0 radical (unpaired) electrons. The van der Waals surface area contributed by atoms with Crippen LogP contribution in [0.2, 0.25) is 0 Å². The summed E-state index contributed by atoms with van der Waals surface area (Å²) in [7, 11) is 0. The summed E-state index contributed by atoms with van der Waals surface area (Å²) in [5, 5.41) is 8.10. The number of hydrogen-bond donors (Lipinski definition) is 0. The first-order valence-corrected chi connectivity index (χ1v) is 8.40. The predicted molar refractivity (Wildman–Crippen MR) is 90.2 cm³/mol. The van der Waals surface area contributed by atoms with Gasteiger partial charge in [-0.3, -0.25) is 4.79 Å². The van der Waals surface area contributed by atoms with Crippen molar-refractivity contribution in [3.63, 3.8) is 0 Å². The topological polar surface area (TPSA) is 77.6 Å². The van der Waals surface area contributed by atoms with Crippen LogP contribution < -0.4 is 0 Å². The van der Waals surface area contributed by atoms with Crippen LogP contribution in [-0.4, -0.2) is 54.7 Å². The molecule has 0 unspecified atom stereocenters. The second-order valence-electron chi connectivity index (χ2n) is 6.11. The van der Waals surface area contributed by atoms with E-state index in [1.165, 1.54) is 0 Å². The molecule has 25 heavy (non-hydrogen) atoms. The SMILES string of the molecule is CCn1cnnc1[C@@H]1CN(C(=O)c2cn3c(C)cccc3n2)CCO1. The lowest BCUT2D eigenvalue weighted by molar-refractivity contribution is -0.0285. The summed E-state index contributed by atoms with van der Waals surface area (Å²) in [5.41, 5.74) is 2.27. The number of nitrogens with zero attached hydrogens (tertiary/aromatic N) is 6. The van der Waals surface area contributed by atoms with Crippen molar-refractivity contribution < 1.29 is 9.53 Å². The summed E-state index contributed by atoms with van der Waals surface area (Å²) >= 11 is 0. The van der Waals surface area contributed by atoms with Crippen LogP contribution in [0.4, 0.5) is 0 Å². The molecule has 3 aromatic heterocycles. The number of rotatable bonds is 3. The molecule has 3 aromatic rings. The van der Waals surface area contributed by atoms with Gasteiger partial charge in [-0.1, -0.05) is 6.07 Å². The number of ether oxygens (including phenoxy) is 1. The largest absolute Gasteiger partial charge is 0.366 e. The van der Waals surface area contributed by atoms with Gasteiger partial charge in [-0.2, -0.15) is 0 Å².